The maximum atomic E-state index is 12.1. The quantitative estimate of drug-likeness (QED) is 0.696. The van der Waals surface area contributed by atoms with Crippen LogP contribution in [0.15, 0.2) is 0 Å². The molecular weight excluding hydrogens is 274 g/mol. The van der Waals surface area contributed by atoms with Gasteiger partial charge < -0.3 is 21.1 Å². The summed E-state index contributed by atoms with van der Waals surface area (Å²) in [5, 5.41) is 11.9. The largest absolute Gasteiger partial charge is 0.481 e. The Bertz CT molecular complexity index is 426. The van der Waals surface area contributed by atoms with Crippen molar-refractivity contribution < 1.29 is 19.5 Å². The number of carbonyl (C=O) groups is 3. The Kier molecular flexibility index (Phi) is 5.03. The van der Waals surface area contributed by atoms with Gasteiger partial charge in [-0.25, -0.2) is 4.79 Å². The molecule has 0 bridgehead atoms. The van der Waals surface area contributed by atoms with E-state index in [-0.39, 0.29) is 29.7 Å². The molecule has 0 spiro atoms. The summed E-state index contributed by atoms with van der Waals surface area (Å²) >= 11 is 0. The molecule has 2 aliphatic rings. The van der Waals surface area contributed by atoms with Crippen LogP contribution in [-0.4, -0.2) is 47.5 Å². The lowest BCUT2D eigenvalue weighted by molar-refractivity contribution is -0.142. The van der Waals surface area contributed by atoms with Gasteiger partial charge in [0.1, 0.15) is 0 Å². The van der Waals surface area contributed by atoms with Gasteiger partial charge in [-0.2, -0.15) is 0 Å². The first-order valence-corrected chi connectivity index (χ1v) is 7.54. The Balaban J connectivity index is 1.81. The van der Waals surface area contributed by atoms with Gasteiger partial charge in [-0.15, -0.1) is 0 Å². The Hall–Kier alpha value is -1.79. The number of rotatable bonds is 4. The first-order valence-electron chi connectivity index (χ1n) is 7.54. The molecule has 3 unspecified atom stereocenters. The van der Waals surface area contributed by atoms with Crippen molar-refractivity contribution in [3.63, 3.8) is 0 Å². The minimum absolute atomic E-state index is 0.00294. The molecule has 118 valence electrons. The maximum absolute atomic E-state index is 12.1. The highest BCUT2D eigenvalue weighted by molar-refractivity contribution is 5.79. The van der Waals surface area contributed by atoms with Crippen LogP contribution in [0.4, 0.5) is 4.79 Å². The van der Waals surface area contributed by atoms with Crippen LogP contribution in [0.5, 0.6) is 0 Å². The Morgan fingerprint density at radius 1 is 1.19 bits per heavy atom. The van der Waals surface area contributed by atoms with Crippen molar-refractivity contribution in [1.29, 1.82) is 0 Å². The number of carboxylic acid groups (broad SMARTS) is 1. The summed E-state index contributed by atoms with van der Waals surface area (Å²) in [5.74, 6) is -1.77. The van der Waals surface area contributed by atoms with Gasteiger partial charge in [0.25, 0.3) is 0 Å². The smallest absolute Gasteiger partial charge is 0.317 e. The number of nitrogens with one attached hydrogen (secondary N) is 1. The average Bonchev–Trinajstić information content (AvgIpc) is 2.93. The van der Waals surface area contributed by atoms with Crippen molar-refractivity contribution in [2.75, 3.05) is 19.6 Å². The van der Waals surface area contributed by atoms with Crippen LogP contribution >= 0.6 is 0 Å². The number of urea groups is 1. The average molecular weight is 297 g/mol. The first kappa shape index (κ1) is 15.6. The van der Waals surface area contributed by atoms with E-state index in [0.29, 0.717) is 26.1 Å². The van der Waals surface area contributed by atoms with E-state index in [4.69, 9.17) is 10.8 Å². The molecule has 7 nitrogen and oxygen atoms in total. The van der Waals surface area contributed by atoms with Gasteiger partial charge >= 0.3 is 12.0 Å². The number of hydrogen-bond acceptors (Lipinski definition) is 3. The molecular formula is C14H23N3O4. The number of aliphatic carboxylic acids is 1. The lowest BCUT2D eigenvalue weighted by Gasteiger charge is -2.31. The van der Waals surface area contributed by atoms with Crippen LogP contribution < -0.4 is 11.1 Å². The van der Waals surface area contributed by atoms with E-state index in [9.17, 15) is 14.4 Å². The Morgan fingerprint density at radius 2 is 1.95 bits per heavy atom. The minimum Gasteiger partial charge on any atom is -0.481 e. The van der Waals surface area contributed by atoms with Crippen LogP contribution in [0.3, 0.4) is 0 Å². The molecule has 0 radical (unpaired) electrons. The topological polar surface area (TPSA) is 113 Å². The standard InChI is InChI=1S/C14H23N3O4/c15-12(18)10-4-2-6-17(8-10)14(21)16-7-9-3-1-5-11(9)13(19)20/h9-11H,1-8H2,(H2,15,18)(H,16,21)(H,19,20). The molecule has 3 atom stereocenters. The third-order valence-electron chi connectivity index (χ3n) is 4.60. The van der Waals surface area contributed by atoms with Crippen molar-refractivity contribution >= 4 is 17.9 Å². The number of piperidine rings is 1. The zero-order valence-electron chi connectivity index (χ0n) is 12.1. The van der Waals surface area contributed by atoms with E-state index < -0.39 is 5.97 Å². The van der Waals surface area contributed by atoms with Crippen LogP contribution in [0.25, 0.3) is 0 Å². The molecule has 7 heteroatoms. The molecule has 2 rings (SSSR count). The molecule has 1 saturated heterocycles. The number of likely N-dealkylation sites (tertiary alicyclic amines) is 1. The number of amides is 3. The zero-order valence-corrected chi connectivity index (χ0v) is 12.1. The number of nitrogens with zero attached hydrogens (tertiary/aromatic N) is 1. The molecule has 0 aromatic carbocycles. The highest BCUT2D eigenvalue weighted by Crippen LogP contribution is 2.31. The highest BCUT2D eigenvalue weighted by Gasteiger charge is 2.33. The van der Waals surface area contributed by atoms with Crippen LogP contribution in [0.1, 0.15) is 32.1 Å². The van der Waals surface area contributed by atoms with Gasteiger partial charge in [-0.3, -0.25) is 9.59 Å². The van der Waals surface area contributed by atoms with E-state index >= 15 is 0 Å². The molecule has 0 aromatic rings. The summed E-state index contributed by atoms with van der Waals surface area (Å²) in [4.78, 5) is 36.0. The summed E-state index contributed by atoms with van der Waals surface area (Å²) in [6.07, 6.45) is 3.90. The fraction of sp³-hybridized carbons (Fsp3) is 0.786. The molecule has 21 heavy (non-hydrogen) atoms. The number of carbonyl (C=O) groups excluding carboxylic acids is 2. The van der Waals surface area contributed by atoms with Crippen LogP contribution in [0.2, 0.25) is 0 Å². The van der Waals surface area contributed by atoms with Gasteiger partial charge in [0, 0.05) is 19.6 Å². The molecule has 1 aliphatic carbocycles. The fourth-order valence-corrected chi connectivity index (χ4v) is 3.33. The molecule has 2 fully saturated rings. The van der Waals surface area contributed by atoms with E-state index in [2.05, 4.69) is 5.32 Å². The van der Waals surface area contributed by atoms with Crippen molar-refractivity contribution in [2.24, 2.45) is 23.5 Å². The van der Waals surface area contributed by atoms with Crippen LogP contribution in [-0.2, 0) is 9.59 Å². The predicted octanol–water partition coefficient (Wildman–Crippen LogP) is 0.394. The summed E-state index contributed by atoms with van der Waals surface area (Å²) in [7, 11) is 0. The van der Waals surface area contributed by atoms with Crippen molar-refractivity contribution in [2.45, 2.75) is 32.1 Å². The lowest BCUT2D eigenvalue weighted by atomic mass is 9.96. The van der Waals surface area contributed by atoms with Crippen LogP contribution in [0, 0.1) is 17.8 Å². The van der Waals surface area contributed by atoms with Crippen molar-refractivity contribution in [3.8, 4) is 0 Å². The summed E-state index contributed by atoms with van der Waals surface area (Å²) < 4.78 is 0. The molecule has 4 N–H and O–H groups in total. The highest BCUT2D eigenvalue weighted by atomic mass is 16.4. The molecule has 1 heterocycles. The fourth-order valence-electron chi connectivity index (χ4n) is 3.33. The van der Waals surface area contributed by atoms with Gasteiger partial charge in [-0.05, 0) is 31.6 Å². The maximum Gasteiger partial charge on any atom is 0.317 e. The SMILES string of the molecule is NC(=O)C1CCCN(C(=O)NCC2CCCC2C(=O)O)C1. The zero-order chi connectivity index (χ0) is 15.4. The minimum atomic E-state index is -0.779. The second-order valence-corrected chi connectivity index (χ2v) is 6.01. The van der Waals surface area contributed by atoms with Gasteiger partial charge in [0.2, 0.25) is 5.91 Å². The van der Waals surface area contributed by atoms with Crippen molar-refractivity contribution in [1.82, 2.24) is 10.2 Å². The Morgan fingerprint density at radius 3 is 2.62 bits per heavy atom. The molecule has 0 aromatic heterocycles. The number of hydrogen-bond donors (Lipinski definition) is 3. The monoisotopic (exact) mass is 297 g/mol. The first-order chi connectivity index (χ1) is 9.99. The second-order valence-electron chi connectivity index (χ2n) is 6.01. The number of nitrogens with two attached hydrogens (primary N) is 1. The Labute approximate surface area is 123 Å². The van der Waals surface area contributed by atoms with E-state index in [1.807, 2.05) is 0 Å². The summed E-state index contributed by atoms with van der Waals surface area (Å²) in [6, 6.07) is -0.225. The lowest BCUT2D eigenvalue weighted by Crippen LogP contribution is -2.49. The van der Waals surface area contributed by atoms with Gasteiger partial charge in [0.05, 0.1) is 11.8 Å². The molecule has 3 amide bonds. The van der Waals surface area contributed by atoms with E-state index in [0.717, 1.165) is 25.7 Å². The number of carboxylic acids is 1. The van der Waals surface area contributed by atoms with E-state index in [1.165, 1.54) is 0 Å². The number of primary amides is 1. The van der Waals surface area contributed by atoms with Gasteiger partial charge in [-0.1, -0.05) is 6.42 Å². The van der Waals surface area contributed by atoms with Gasteiger partial charge in [0.15, 0.2) is 0 Å². The second kappa shape index (κ2) is 6.78. The van der Waals surface area contributed by atoms with Crippen molar-refractivity contribution in [3.05, 3.63) is 0 Å². The third-order valence-corrected chi connectivity index (χ3v) is 4.60. The molecule has 1 aliphatic heterocycles. The normalized spacial score (nSPS) is 29.1. The third kappa shape index (κ3) is 3.86. The summed E-state index contributed by atoms with van der Waals surface area (Å²) in [6.45, 7) is 1.35. The molecule has 1 saturated carbocycles. The van der Waals surface area contributed by atoms with E-state index in [1.54, 1.807) is 4.90 Å². The summed E-state index contributed by atoms with van der Waals surface area (Å²) in [5.41, 5.74) is 5.29. The predicted molar refractivity (Wildman–Crippen MR) is 75.4 cm³/mol.